The van der Waals surface area contributed by atoms with E-state index in [9.17, 15) is 4.79 Å². The van der Waals surface area contributed by atoms with Gasteiger partial charge >= 0.3 is 0 Å². The number of benzene rings is 2. The number of carbonyl (C=O) groups is 1. The van der Waals surface area contributed by atoms with Gasteiger partial charge in [0.15, 0.2) is 0 Å². The lowest BCUT2D eigenvalue weighted by Gasteiger charge is -2.13. The van der Waals surface area contributed by atoms with E-state index in [-0.39, 0.29) is 5.91 Å². The number of tetrazole rings is 1. The zero-order valence-corrected chi connectivity index (χ0v) is 16.2. The van der Waals surface area contributed by atoms with Crippen LogP contribution in [0.4, 0.5) is 5.69 Å². The third-order valence-electron chi connectivity index (χ3n) is 3.68. The van der Waals surface area contributed by atoms with Crippen LogP contribution in [0.3, 0.4) is 0 Å². The number of anilines is 1. The first-order valence-electron chi connectivity index (χ1n) is 8.03. The largest absolute Gasteiger partial charge is 0.324 e. The van der Waals surface area contributed by atoms with Crippen molar-refractivity contribution in [2.45, 2.75) is 31.2 Å². The molecule has 1 amide bonds. The third-order valence-corrected chi connectivity index (χ3v) is 5.04. The molecule has 1 N–H and O–H groups in total. The summed E-state index contributed by atoms with van der Waals surface area (Å²) in [5, 5.41) is 15.4. The van der Waals surface area contributed by atoms with Crippen molar-refractivity contribution in [2.75, 3.05) is 5.32 Å². The maximum Gasteiger partial charge on any atom is 0.237 e. The summed E-state index contributed by atoms with van der Waals surface area (Å²) in [7, 11) is 0. The van der Waals surface area contributed by atoms with Gasteiger partial charge in [-0.05, 0) is 66.6 Å². The van der Waals surface area contributed by atoms with Crippen LogP contribution in [-0.4, -0.2) is 31.4 Å². The molecular weight excluding hydrogens is 370 g/mol. The quantitative estimate of drug-likeness (QED) is 0.668. The minimum Gasteiger partial charge on any atom is -0.324 e. The summed E-state index contributed by atoms with van der Waals surface area (Å²) in [6.45, 7) is 5.85. The van der Waals surface area contributed by atoms with Gasteiger partial charge < -0.3 is 5.32 Å². The number of carbonyl (C=O) groups excluding carboxylic acids is 1. The van der Waals surface area contributed by atoms with E-state index in [0.717, 1.165) is 16.8 Å². The summed E-state index contributed by atoms with van der Waals surface area (Å²) < 4.78 is 1.64. The van der Waals surface area contributed by atoms with Gasteiger partial charge in [-0.3, -0.25) is 4.79 Å². The third kappa shape index (κ3) is 4.23. The summed E-state index contributed by atoms with van der Waals surface area (Å²) in [4.78, 5) is 12.5. The first-order valence-corrected chi connectivity index (χ1v) is 9.29. The molecule has 0 bridgehead atoms. The minimum atomic E-state index is -0.401. The summed E-state index contributed by atoms with van der Waals surface area (Å²) >= 11 is 7.38. The van der Waals surface area contributed by atoms with Crippen LogP contribution in [-0.2, 0) is 4.79 Å². The Hall–Kier alpha value is -2.38. The Morgan fingerprint density at radius 2 is 1.88 bits per heavy atom. The number of nitrogens with zero attached hydrogens (tertiary/aromatic N) is 4. The lowest BCUT2D eigenvalue weighted by molar-refractivity contribution is -0.115. The number of aryl methyl sites for hydroxylation is 2. The molecule has 1 heterocycles. The fraction of sp³-hybridized carbons (Fsp3) is 0.222. The molecule has 0 fully saturated rings. The van der Waals surface area contributed by atoms with E-state index in [2.05, 4.69) is 26.9 Å². The van der Waals surface area contributed by atoms with E-state index in [1.165, 1.54) is 11.8 Å². The van der Waals surface area contributed by atoms with Crippen LogP contribution in [0.2, 0.25) is 5.02 Å². The average molecular weight is 388 g/mol. The first-order chi connectivity index (χ1) is 12.4. The number of para-hydroxylation sites is 1. The van der Waals surface area contributed by atoms with Crippen molar-refractivity contribution in [2.24, 2.45) is 0 Å². The van der Waals surface area contributed by atoms with Gasteiger partial charge in [0, 0.05) is 0 Å². The monoisotopic (exact) mass is 387 g/mol. The van der Waals surface area contributed by atoms with Gasteiger partial charge in [-0.2, -0.15) is 4.68 Å². The maximum atomic E-state index is 12.5. The van der Waals surface area contributed by atoms with Gasteiger partial charge in [0.05, 0.1) is 21.6 Å². The number of amides is 1. The van der Waals surface area contributed by atoms with Crippen LogP contribution in [0.1, 0.15) is 18.1 Å². The van der Waals surface area contributed by atoms with Crippen LogP contribution < -0.4 is 5.32 Å². The molecule has 0 saturated heterocycles. The highest BCUT2D eigenvalue weighted by molar-refractivity contribution is 8.00. The van der Waals surface area contributed by atoms with Gasteiger partial charge in [-0.1, -0.05) is 41.6 Å². The fourth-order valence-corrected chi connectivity index (χ4v) is 3.49. The highest BCUT2D eigenvalue weighted by Gasteiger charge is 2.20. The Bertz CT molecular complexity index is 923. The summed E-state index contributed by atoms with van der Waals surface area (Å²) in [5.41, 5.74) is 3.70. The Morgan fingerprint density at radius 3 is 2.58 bits per heavy atom. The van der Waals surface area contributed by atoms with Gasteiger partial charge in [0.2, 0.25) is 11.1 Å². The number of nitrogens with one attached hydrogen (secondary N) is 1. The van der Waals surface area contributed by atoms with Crippen molar-refractivity contribution >= 4 is 35.0 Å². The second-order valence-electron chi connectivity index (χ2n) is 5.95. The van der Waals surface area contributed by atoms with Crippen LogP contribution in [0.25, 0.3) is 5.69 Å². The average Bonchev–Trinajstić information content (AvgIpc) is 3.04. The van der Waals surface area contributed by atoms with Crippen LogP contribution in [0.5, 0.6) is 0 Å². The van der Waals surface area contributed by atoms with Gasteiger partial charge in [-0.15, -0.1) is 5.10 Å². The Balaban J connectivity index is 1.76. The molecule has 0 saturated carbocycles. The molecule has 1 atom stereocenters. The van der Waals surface area contributed by atoms with E-state index in [1.807, 2.05) is 38.1 Å². The number of hydrogen-bond acceptors (Lipinski definition) is 5. The summed E-state index contributed by atoms with van der Waals surface area (Å²) in [6, 6.07) is 13.2. The molecular formula is C18H18ClN5OS. The molecule has 134 valence electrons. The fourth-order valence-electron chi connectivity index (χ4n) is 2.50. The molecule has 0 aliphatic rings. The molecule has 2 aromatic carbocycles. The number of hydrogen-bond donors (Lipinski definition) is 1. The zero-order valence-electron chi connectivity index (χ0n) is 14.6. The van der Waals surface area contributed by atoms with Crippen LogP contribution in [0, 0.1) is 13.8 Å². The van der Waals surface area contributed by atoms with Crippen molar-refractivity contribution in [3.63, 3.8) is 0 Å². The molecule has 6 nitrogen and oxygen atoms in total. The predicted octanol–water partition coefficient (Wildman–Crippen LogP) is 4.05. The van der Waals surface area contributed by atoms with E-state index in [0.29, 0.717) is 15.9 Å². The zero-order chi connectivity index (χ0) is 18.7. The topological polar surface area (TPSA) is 72.7 Å². The second kappa shape index (κ2) is 7.88. The molecule has 26 heavy (non-hydrogen) atoms. The minimum absolute atomic E-state index is 0.168. The number of rotatable bonds is 5. The van der Waals surface area contributed by atoms with E-state index < -0.39 is 5.25 Å². The second-order valence-corrected chi connectivity index (χ2v) is 7.66. The number of aromatic nitrogens is 4. The number of thioether (sulfide) groups is 1. The standard InChI is InChI=1S/C18H18ClN5OS/c1-11-8-12(2)10-14(9-11)24-18(21-22-23-24)26-13(3)17(25)20-16-7-5-4-6-15(16)19/h4-10,13H,1-3H3,(H,20,25)/t13-/m0/s1. The molecule has 8 heteroatoms. The molecule has 0 aliphatic carbocycles. The Labute approximate surface area is 160 Å². The lowest BCUT2D eigenvalue weighted by Crippen LogP contribution is -2.23. The van der Waals surface area contributed by atoms with Crippen molar-refractivity contribution in [3.8, 4) is 5.69 Å². The summed E-state index contributed by atoms with van der Waals surface area (Å²) in [5.74, 6) is -0.168. The van der Waals surface area contributed by atoms with Crippen LogP contribution in [0.15, 0.2) is 47.6 Å². The summed E-state index contributed by atoms with van der Waals surface area (Å²) in [6.07, 6.45) is 0. The molecule has 0 radical (unpaired) electrons. The lowest BCUT2D eigenvalue weighted by atomic mass is 10.1. The van der Waals surface area contributed by atoms with Crippen molar-refractivity contribution in [1.29, 1.82) is 0 Å². The number of halogens is 1. The smallest absolute Gasteiger partial charge is 0.237 e. The molecule has 3 aromatic rings. The Morgan fingerprint density at radius 1 is 1.19 bits per heavy atom. The van der Waals surface area contributed by atoms with Gasteiger partial charge in [0.25, 0.3) is 0 Å². The SMILES string of the molecule is Cc1cc(C)cc(-n2nnnc2S[C@@H](C)C(=O)Nc2ccccc2Cl)c1. The molecule has 3 rings (SSSR count). The van der Waals surface area contributed by atoms with Gasteiger partial charge in [-0.25, -0.2) is 0 Å². The van der Waals surface area contributed by atoms with E-state index in [1.54, 1.807) is 23.7 Å². The first kappa shape index (κ1) is 18.4. The van der Waals surface area contributed by atoms with Crippen molar-refractivity contribution < 1.29 is 4.79 Å². The highest BCUT2D eigenvalue weighted by Crippen LogP contribution is 2.26. The Kier molecular flexibility index (Phi) is 5.58. The van der Waals surface area contributed by atoms with Crippen molar-refractivity contribution in [1.82, 2.24) is 20.2 Å². The molecule has 0 unspecified atom stereocenters. The highest BCUT2D eigenvalue weighted by atomic mass is 35.5. The molecule has 0 spiro atoms. The van der Waals surface area contributed by atoms with E-state index in [4.69, 9.17) is 11.6 Å². The van der Waals surface area contributed by atoms with Crippen LogP contribution >= 0.6 is 23.4 Å². The molecule has 0 aliphatic heterocycles. The predicted molar refractivity (Wildman–Crippen MR) is 104 cm³/mol. The van der Waals surface area contributed by atoms with Gasteiger partial charge in [0.1, 0.15) is 0 Å². The normalized spacial score (nSPS) is 12.0. The molecule has 1 aromatic heterocycles. The van der Waals surface area contributed by atoms with E-state index >= 15 is 0 Å². The maximum absolute atomic E-state index is 12.5. The van der Waals surface area contributed by atoms with Crippen molar-refractivity contribution in [3.05, 3.63) is 58.6 Å².